The highest BCUT2D eigenvalue weighted by atomic mass is 32.2. The molecule has 0 saturated carbocycles. The maximum absolute atomic E-state index is 11.6. The number of thiazole rings is 1. The Bertz CT molecular complexity index is 445. The van der Waals surface area contributed by atoms with Crippen LogP contribution in [0.5, 0.6) is 0 Å². The fraction of sp³-hybridized carbons (Fsp3) is 0.545. The monoisotopic (exact) mass is 288 g/mol. The van der Waals surface area contributed by atoms with Crippen molar-refractivity contribution in [2.24, 2.45) is 0 Å². The summed E-state index contributed by atoms with van der Waals surface area (Å²) in [6.07, 6.45) is 0. The first-order valence-corrected chi connectivity index (χ1v) is 7.40. The van der Waals surface area contributed by atoms with E-state index in [1.165, 1.54) is 0 Å². The predicted octanol–water partition coefficient (Wildman–Crippen LogP) is 1.75. The maximum Gasteiger partial charge on any atom is 0.313 e. The Morgan fingerprint density at radius 1 is 1.44 bits per heavy atom. The lowest BCUT2D eigenvalue weighted by Crippen LogP contribution is -2.28. The van der Waals surface area contributed by atoms with Crippen LogP contribution in [0.4, 0.5) is 0 Å². The summed E-state index contributed by atoms with van der Waals surface area (Å²) < 4.78 is 0. The van der Waals surface area contributed by atoms with E-state index in [1.807, 2.05) is 20.8 Å². The molecule has 18 heavy (non-hydrogen) atoms. The molecule has 1 aromatic heterocycles. The van der Waals surface area contributed by atoms with E-state index in [0.717, 1.165) is 27.3 Å². The number of carbonyl (C=O) groups excluding carboxylic acids is 1. The number of hydrogen-bond donors (Lipinski definition) is 2. The van der Waals surface area contributed by atoms with Gasteiger partial charge in [-0.2, -0.15) is 0 Å². The number of rotatable bonds is 6. The minimum absolute atomic E-state index is 0.0551. The second-order valence-electron chi connectivity index (χ2n) is 3.86. The molecule has 0 aliphatic rings. The lowest BCUT2D eigenvalue weighted by molar-refractivity contribution is -0.133. The normalized spacial score (nSPS) is 12.2. The van der Waals surface area contributed by atoms with Gasteiger partial charge in [-0.3, -0.25) is 9.59 Å². The summed E-state index contributed by atoms with van der Waals surface area (Å²) >= 11 is 2.66. The Morgan fingerprint density at radius 3 is 2.61 bits per heavy atom. The van der Waals surface area contributed by atoms with E-state index in [2.05, 4.69) is 10.3 Å². The van der Waals surface area contributed by atoms with Gasteiger partial charge < -0.3 is 10.4 Å². The van der Waals surface area contributed by atoms with Crippen molar-refractivity contribution in [1.29, 1.82) is 0 Å². The minimum atomic E-state index is -0.908. The highest BCUT2D eigenvalue weighted by molar-refractivity contribution is 8.00. The van der Waals surface area contributed by atoms with Crippen molar-refractivity contribution in [3.63, 3.8) is 0 Å². The summed E-state index contributed by atoms with van der Waals surface area (Å²) in [7, 11) is 0. The SMILES string of the molecule is Cc1nc(C)c(C(C)NC(=O)CSCC(=O)O)s1. The summed E-state index contributed by atoms with van der Waals surface area (Å²) in [6.45, 7) is 5.75. The zero-order valence-corrected chi connectivity index (χ0v) is 12.2. The quantitative estimate of drug-likeness (QED) is 0.833. The van der Waals surface area contributed by atoms with Crippen LogP contribution in [-0.4, -0.2) is 33.5 Å². The fourth-order valence-electron chi connectivity index (χ4n) is 1.53. The van der Waals surface area contributed by atoms with Gasteiger partial charge in [0.15, 0.2) is 0 Å². The van der Waals surface area contributed by atoms with Crippen LogP contribution in [0.25, 0.3) is 0 Å². The third kappa shape index (κ3) is 4.66. The van der Waals surface area contributed by atoms with Gasteiger partial charge in [0.1, 0.15) is 0 Å². The molecule has 1 heterocycles. The highest BCUT2D eigenvalue weighted by Crippen LogP contribution is 2.24. The van der Waals surface area contributed by atoms with Gasteiger partial charge in [0.25, 0.3) is 0 Å². The molecule has 1 rings (SSSR count). The number of carboxylic acid groups (broad SMARTS) is 1. The molecule has 0 radical (unpaired) electrons. The van der Waals surface area contributed by atoms with Crippen molar-refractivity contribution in [2.45, 2.75) is 26.8 Å². The lowest BCUT2D eigenvalue weighted by Gasteiger charge is -2.12. The van der Waals surface area contributed by atoms with Crippen LogP contribution in [0.3, 0.4) is 0 Å². The third-order valence-electron chi connectivity index (χ3n) is 2.17. The van der Waals surface area contributed by atoms with Gasteiger partial charge >= 0.3 is 5.97 Å². The summed E-state index contributed by atoms with van der Waals surface area (Å²) in [6, 6.07) is -0.0888. The molecule has 0 spiro atoms. The zero-order chi connectivity index (χ0) is 13.7. The number of aromatic nitrogens is 1. The van der Waals surface area contributed by atoms with Gasteiger partial charge in [-0.15, -0.1) is 23.1 Å². The van der Waals surface area contributed by atoms with E-state index in [-0.39, 0.29) is 23.5 Å². The van der Waals surface area contributed by atoms with Gasteiger partial charge in [-0.25, -0.2) is 4.98 Å². The number of amides is 1. The first kappa shape index (κ1) is 15.0. The number of nitrogens with one attached hydrogen (secondary N) is 1. The first-order valence-electron chi connectivity index (χ1n) is 5.43. The van der Waals surface area contributed by atoms with Crippen molar-refractivity contribution in [2.75, 3.05) is 11.5 Å². The van der Waals surface area contributed by atoms with Crippen molar-refractivity contribution < 1.29 is 14.7 Å². The molecule has 1 aromatic rings. The first-order chi connectivity index (χ1) is 8.40. The van der Waals surface area contributed by atoms with E-state index in [9.17, 15) is 9.59 Å². The Hall–Kier alpha value is -1.08. The summed E-state index contributed by atoms with van der Waals surface area (Å²) in [5.41, 5.74) is 0.934. The maximum atomic E-state index is 11.6. The van der Waals surface area contributed by atoms with Crippen LogP contribution in [0.2, 0.25) is 0 Å². The van der Waals surface area contributed by atoms with Gasteiger partial charge in [-0.05, 0) is 20.8 Å². The number of aliphatic carboxylic acids is 1. The van der Waals surface area contributed by atoms with Crippen molar-refractivity contribution in [3.05, 3.63) is 15.6 Å². The molecular formula is C11H16N2O3S2. The molecule has 0 aliphatic carbocycles. The van der Waals surface area contributed by atoms with E-state index in [4.69, 9.17) is 5.11 Å². The molecule has 0 bridgehead atoms. The lowest BCUT2D eigenvalue weighted by atomic mass is 10.2. The van der Waals surface area contributed by atoms with Crippen LogP contribution < -0.4 is 5.32 Å². The molecule has 5 nitrogen and oxygen atoms in total. The Morgan fingerprint density at radius 2 is 2.11 bits per heavy atom. The minimum Gasteiger partial charge on any atom is -0.481 e. The van der Waals surface area contributed by atoms with E-state index >= 15 is 0 Å². The number of hydrogen-bond acceptors (Lipinski definition) is 5. The summed E-state index contributed by atoms with van der Waals surface area (Å²) in [4.78, 5) is 27.3. The number of nitrogens with zero attached hydrogens (tertiary/aromatic N) is 1. The van der Waals surface area contributed by atoms with Crippen LogP contribution in [0.1, 0.15) is 28.5 Å². The molecule has 0 fully saturated rings. The van der Waals surface area contributed by atoms with Crippen LogP contribution in [0, 0.1) is 13.8 Å². The van der Waals surface area contributed by atoms with Gasteiger partial charge in [0.05, 0.1) is 28.2 Å². The largest absolute Gasteiger partial charge is 0.481 e. The van der Waals surface area contributed by atoms with Crippen molar-refractivity contribution in [1.82, 2.24) is 10.3 Å². The smallest absolute Gasteiger partial charge is 0.313 e. The molecular weight excluding hydrogens is 272 g/mol. The van der Waals surface area contributed by atoms with Gasteiger partial charge in [0, 0.05) is 4.88 Å². The van der Waals surface area contributed by atoms with Gasteiger partial charge in [0.2, 0.25) is 5.91 Å². The van der Waals surface area contributed by atoms with E-state index < -0.39 is 5.97 Å². The second-order valence-corrected chi connectivity index (χ2v) is 6.08. The highest BCUT2D eigenvalue weighted by Gasteiger charge is 2.15. The summed E-state index contributed by atoms with van der Waals surface area (Å²) in [5.74, 6) is -0.956. The van der Waals surface area contributed by atoms with Crippen LogP contribution in [0.15, 0.2) is 0 Å². The molecule has 0 saturated heterocycles. The Labute approximate surface area is 114 Å². The Kier molecular flexibility index (Phi) is 5.61. The fourth-order valence-corrected chi connectivity index (χ4v) is 3.00. The number of carboxylic acids is 1. The van der Waals surface area contributed by atoms with Gasteiger partial charge in [-0.1, -0.05) is 0 Å². The number of thioether (sulfide) groups is 1. The van der Waals surface area contributed by atoms with Crippen molar-refractivity contribution in [3.8, 4) is 0 Å². The topological polar surface area (TPSA) is 79.3 Å². The molecule has 1 amide bonds. The standard InChI is InChI=1S/C11H16N2O3S2/c1-6-11(18-8(3)12-6)7(2)13-9(14)4-17-5-10(15)16/h7H,4-5H2,1-3H3,(H,13,14)(H,15,16). The zero-order valence-electron chi connectivity index (χ0n) is 10.5. The molecule has 1 unspecified atom stereocenters. The molecule has 0 aliphatic heterocycles. The molecule has 7 heteroatoms. The average molecular weight is 288 g/mol. The summed E-state index contributed by atoms with van der Waals surface area (Å²) in [5, 5.41) is 12.3. The van der Waals surface area contributed by atoms with Crippen LogP contribution in [-0.2, 0) is 9.59 Å². The number of carbonyl (C=O) groups is 2. The molecule has 100 valence electrons. The van der Waals surface area contributed by atoms with Crippen LogP contribution >= 0.6 is 23.1 Å². The molecule has 1 atom stereocenters. The second kappa shape index (κ2) is 6.75. The van der Waals surface area contributed by atoms with E-state index in [0.29, 0.717) is 0 Å². The molecule has 2 N–H and O–H groups in total. The van der Waals surface area contributed by atoms with Crippen molar-refractivity contribution >= 4 is 35.0 Å². The number of aryl methyl sites for hydroxylation is 2. The Balaban J connectivity index is 2.44. The average Bonchev–Trinajstić information content (AvgIpc) is 2.57. The predicted molar refractivity (Wildman–Crippen MR) is 73.1 cm³/mol. The third-order valence-corrected chi connectivity index (χ3v) is 4.34. The molecule has 0 aromatic carbocycles. The van der Waals surface area contributed by atoms with E-state index in [1.54, 1.807) is 11.3 Å².